The number of carboxylic acid groups (broad SMARTS) is 1. The predicted octanol–water partition coefficient (Wildman–Crippen LogP) is 5.48. The third-order valence-corrected chi connectivity index (χ3v) is 16.5. The van der Waals surface area contributed by atoms with Gasteiger partial charge in [-0.1, -0.05) is 19.4 Å². The van der Waals surface area contributed by atoms with Crippen LogP contribution in [0.5, 0.6) is 5.75 Å². The highest BCUT2D eigenvalue weighted by atomic mass is 19.1. The van der Waals surface area contributed by atoms with Crippen LogP contribution in [-0.2, 0) is 14.3 Å². The summed E-state index contributed by atoms with van der Waals surface area (Å²) in [6.07, 6.45) is 8.82. The monoisotopic (exact) mass is 803 g/mol. The van der Waals surface area contributed by atoms with E-state index in [9.17, 15) is 34.5 Å². The number of anilines is 1. The quantitative estimate of drug-likeness (QED) is 0.295. The molecular weight excluding hydrogens is 746 g/mol. The summed E-state index contributed by atoms with van der Waals surface area (Å²) in [4.78, 5) is 56.5. The minimum absolute atomic E-state index is 0.00515. The number of hydrogen-bond donors (Lipinski definition) is 3. The van der Waals surface area contributed by atoms with Gasteiger partial charge in [0.1, 0.15) is 23.5 Å². The number of aromatic nitrogens is 1. The number of methoxy groups -OCH3 is 1. The molecule has 12 nitrogen and oxygen atoms in total. The zero-order valence-electron chi connectivity index (χ0n) is 34.4. The molecule has 7 aliphatic rings. The number of Topliss-reactive ketones (excluding diaryl/α,β-unsaturated/α-hetero) is 1. The second kappa shape index (κ2) is 14.0. The lowest BCUT2D eigenvalue weighted by Crippen LogP contribution is -2.62. The van der Waals surface area contributed by atoms with Gasteiger partial charge in [-0.2, -0.15) is 0 Å². The van der Waals surface area contributed by atoms with Gasteiger partial charge in [0.25, 0.3) is 0 Å². The van der Waals surface area contributed by atoms with Crippen LogP contribution in [0.25, 0.3) is 10.9 Å². The van der Waals surface area contributed by atoms with Gasteiger partial charge in [-0.15, -0.1) is 0 Å². The van der Waals surface area contributed by atoms with Gasteiger partial charge >= 0.3 is 5.97 Å². The van der Waals surface area contributed by atoms with E-state index in [0.29, 0.717) is 50.0 Å². The molecule has 13 heteroatoms. The minimum Gasteiger partial charge on any atom is -0.492 e. The minimum atomic E-state index is -1.62. The fourth-order valence-corrected chi connectivity index (χ4v) is 13.5. The van der Waals surface area contributed by atoms with Crippen molar-refractivity contribution in [3.8, 4) is 5.75 Å². The van der Waals surface area contributed by atoms with E-state index >= 15 is 4.39 Å². The lowest BCUT2D eigenvalue weighted by atomic mass is 9.45. The summed E-state index contributed by atoms with van der Waals surface area (Å²) < 4.78 is 30.7. The lowest BCUT2D eigenvalue weighted by molar-refractivity contribution is -0.184. The van der Waals surface area contributed by atoms with Crippen molar-refractivity contribution >= 4 is 34.1 Å². The van der Waals surface area contributed by atoms with Crippen LogP contribution in [0.2, 0.25) is 0 Å². The first-order chi connectivity index (χ1) is 27.6. The number of hydrogen-bond acceptors (Lipinski definition) is 10. The molecule has 9 atom stereocenters. The normalized spacial score (nSPS) is 36.0. The standard InChI is InChI=1S/C45H58FN3O9/c1-23-34-38(49(27-9-10-27)24(2)35(40(34)53)42(54)55)41(57-5)39(37(23)46)48-19-25-7-6-16-47(31(25)20-48)22-58-21-33(52)45(56)15-13-30-29-11-8-26-17-28(50)12-14-43(26,3)36(29)32(51)18-44(30,45)4/h17,25,27,29-32,36,51,56H,6-16,18-22H2,1-5H3,(H,54,55)/t25?,29-,30-,31?,32-,36?,43-,44-,45-/m0/s1. The van der Waals surface area contributed by atoms with Gasteiger partial charge in [0, 0.05) is 54.8 Å². The molecule has 314 valence electrons. The van der Waals surface area contributed by atoms with Crippen molar-refractivity contribution in [2.75, 3.05) is 45.0 Å². The smallest absolute Gasteiger partial charge is 0.341 e. The van der Waals surface area contributed by atoms with Crippen molar-refractivity contribution in [2.45, 2.75) is 122 Å². The SMILES string of the molecule is COc1c(N2CC3CCCN(COCC(=O)[C@@]4(O)CC[C@H]5[C@@H]6CCC7=CC(=O)CC[C@]7(C)C6[C@@H](O)C[C@@]54C)C3C2)c(F)c(C)c2c(=O)c(C(=O)O)c(C)n(C3CC3)c12. The number of halogens is 1. The van der Waals surface area contributed by atoms with Gasteiger partial charge in [-0.3, -0.25) is 19.3 Å². The highest BCUT2D eigenvalue weighted by molar-refractivity contribution is 6.00. The molecule has 3 N–H and O–H groups in total. The molecule has 4 saturated carbocycles. The highest BCUT2D eigenvalue weighted by Crippen LogP contribution is 2.67. The third-order valence-electron chi connectivity index (χ3n) is 16.5. The number of likely N-dealkylation sites (tertiary alicyclic amines) is 1. The molecule has 2 aromatic rings. The number of piperidine rings is 1. The van der Waals surface area contributed by atoms with Crippen LogP contribution in [-0.4, -0.2) is 100 Å². The highest BCUT2D eigenvalue weighted by Gasteiger charge is 2.68. The van der Waals surface area contributed by atoms with Crippen molar-refractivity contribution < 1.29 is 43.6 Å². The molecule has 2 saturated heterocycles. The van der Waals surface area contributed by atoms with Crippen LogP contribution >= 0.6 is 0 Å². The number of carbonyl (C=O) groups is 3. The number of carboxylic acids is 1. The summed E-state index contributed by atoms with van der Waals surface area (Å²) in [5, 5.41) is 34.1. The Labute approximate surface area is 338 Å². The van der Waals surface area contributed by atoms with E-state index in [1.165, 1.54) is 14.0 Å². The van der Waals surface area contributed by atoms with Gasteiger partial charge in [-0.25, -0.2) is 9.18 Å². The number of benzene rings is 1. The van der Waals surface area contributed by atoms with Crippen molar-refractivity contribution in [3.63, 3.8) is 0 Å². The number of nitrogens with zero attached hydrogens (tertiary/aromatic N) is 3. The Balaban J connectivity index is 0.921. The molecule has 0 spiro atoms. The number of ketones is 2. The summed E-state index contributed by atoms with van der Waals surface area (Å²) >= 11 is 0. The fraction of sp³-hybridized carbons (Fsp3) is 0.689. The lowest BCUT2D eigenvalue weighted by Gasteiger charge is -2.60. The van der Waals surface area contributed by atoms with Crippen LogP contribution < -0.4 is 15.1 Å². The maximum atomic E-state index is 16.7. The molecule has 58 heavy (non-hydrogen) atoms. The van der Waals surface area contributed by atoms with E-state index < -0.39 is 34.3 Å². The molecule has 2 aliphatic heterocycles. The summed E-state index contributed by atoms with van der Waals surface area (Å²) in [5.41, 5.74) is -1.41. The Hall–Kier alpha value is -3.65. The summed E-state index contributed by atoms with van der Waals surface area (Å²) in [6.45, 7) is 9.03. The molecule has 9 rings (SSSR count). The molecule has 0 amide bonds. The molecule has 1 aromatic carbocycles. The molecule has 5 aliphatic carbocycles. The molecule has 0 radical (unpaired) electrons. The van der Waals surface area contributed by atoms with Gasteiger partial charge in [0.05, 0.1) is 30.8 Å². The molecule has 1 aromatic heterocycles. The van der Waals surface area contributed by atoms with Gasteiger partial charge in [0.15, 0.2) is 23.1 Å². The number of fused-ring (bicyclic) bond motifs is 7. The Morgan fingerprint density at radius 3 is 2.50 bits per heavy atom. The van der Waals surface area contributed by atoms with E-state index in [2.05, 4.69) is 11.8 Å². The second-order valence-corrected chi connectivity index (χ2v) is 19.3. The largest absolute Gasteiger partial charge is 0.492 e. The topological polar surface area (TPSA) is 159 Å². The molecular formula is C45H58FN3O9. The first-order valence-electron chi connectivity index (χ1n) is 21.5. The van der Waals surface area contributed by atoms with Gasteiger partial charge < -0.3 is 34.3 Å². The number of aliphatic hydroxyl groups is 2. The molecule has 3 unspecified atom stereocenters. The number of allylic oxidation sites excluding steroid dienone is 1. The number of pyridine rings is 1. The predicted molar refractivity (Wildman–Crippen MR) is 214 cm³/mol. The average molecular weight is 804 g/mol. The first kappa shape index (κ1) is 39.8. The van der Waals surface area contributed by atoms with E-state index in [-0.39, 0.29) is 94.0 Å². The van der Waals surface area contributed by atoms with Crippen LogP contribution in [0.4, 0.5) is 10.1 Å². The van der Waals surface area contributed by atoms with E-state index in [0.717, 1.165) is 57.1 Å². The fourth-order valence-electron chi connectivity index (χ4n) is 13.5. The molecule has 0 bridgehead atoms. The van der Waals surface area contributed by atoms with Crippen LogP contribution in [0.15, 0.2) is 16.4 Å². The number of carbonyl (C=O) groups excluding carboxylic acids is 2. The number of aromatic carboxylic acids is 1. The van der Waals surface area contributed by atoms with Gasteiger partial charge in [0.2, 0.25) is 5.43 Å². The maximum absolute atomic E-state index is 16.7. The van der Waals surface area contributed by atoms with E-state index in [1.807, 2.05) is 22.5 Å². The van der Waals surface area contributed by atoms with Crippen molar-refractivity contribution in [1.82, 2.24) is 9.47 Å². The second-order valence-electron chi connectivity index (χ2n) is 19.3. The van der Waals surface area contributed by atoms with Crippen LogP contribution in [0, 0.1) is 54.2 Å². The summed E-state index contributed by atoms with van der Waals surface area (Å²) in [5.74, 6) is -1.47. The van der Waals surface area contributed by atoms with Crippen molar-refractivity contribution in [2.24, 2.45) is 34.5 Å². The Morgan fingerprint density at radius 1 is 1.03 bits per heavy atom. The van der Waals surface area contributed by atoms with E-state index in [1.54, 1.807) is 6.92 Å². The van der Waals surface area contributed by atoms with E-state index in [4.69, 9.17) is 9.47 Å². The Bertz CT molecular complexity index is 2200. The first-order valence-corrected chi connectivity index (χ1v) is 21.5. The van der Waals surface area contributed by atoms with Crippen molar-refractivity contribution in [3.05, 3.63) is 44.5 Å². The maximum Gasteiger partial charge on any atom is 0.341 e. The summed E-state index contributed by atoms with van der Waals surface area (Å²) in [7, 11) is 1.46. The Morgan fingerprint density at radius 2 is 1.79 bits per heavy atom. The molecule has 6 fully saturated rings. The average Bonchev–Trinajstić information content (AvgIpc) is 3.85. The van der Waals surface area contributed by atoms with Crippen molar-refractivity contribution in [1.29, 1.82) is 0 Å². The van der Waals surface area contributed by atoms with Crippen LogP contribution in [0.3, 0.4) is 0 Å². The number of aliphatic hydroxyl groups excluding tert-OH is 1. The van der Waals surface area contributed by atoms with Gasteiger partial charge in [-0.05, 0) is 113 Å². The third kappa shape index (κ3) is 5.65. The number of ether oxygens (including phenoxy) is 2. The zero-order valence-corrected chi connectivity index (χ0v) is 34.4. The number of aryl methyl sites for hydroxylation is 1. The number of rotatable bonds is 9. The van der Waals surface area contributed by atoms with Crippen LogP contribution in [0.1, 0.15) is 112 Å². The summed E-state index contributed by atoms with van der Waals surface area (Å²) in [6, 6.07) is -0.0135. The molecule has 3 heterocycles. The Kier molecular flexibility index (Phi) is 9.58. The zero-order chi connectivity index (χ0) is 41.2.